The zero-order valence-corrected chi connectivity index (χ0v) is 12.7. The first-order valence-electron chi connectivity index (χ1n) is 7.62. The number of fused-ring (bicyclic) bond motifs is 1. The number of ether oxygens (including phenoxy) is 1. The minimum Gasteiger partial charge on any atom is -0.481 e. The number of hydrogen-bond acceptors (Lipinski definition) is 2. The van der Waals surface area contributed by atoms with E-state index in [1.54, 1.807) is 6.92 Å². The molecule has 3 nitrogen and oxygen atoms in total. The third-order valence-corrected chi connectivity index (χ3v) is 3.69. The van der Waals surface area contributed by atoms with E-state index >= 15 is 0 Å². The summed E-state index contributed by atoms with van der Waals surface area (Å²) in [4.78, 5) is 11.9. The maximum Gasteiger partial charge on any atom is 0.260 e. The molecule has 1 aliphatic rings. The lowest BCUT2D eigenvalue weighted by atomic mass is 9.92. The minimum absolute atomic E-state index is 0.0450. The Morgan fingerprint density at radius 1 is 1.20 bits per heavy atom. The van der Waals surface area contributed by atoms with Crippen LogP contribution in [-0.2, 0) is 17.6 Å². The predicted molar refractivity (Wildman–Crippen MR) is 81.0 cm³/mol. The normalized spacial score (nSPS) is 15.6. The molecule has 0 saturated heterocycles. The van der Waals surface area contributed by atoms with Gasteiger partial charge in [-0.2, -0.15) is 0 Å². The summed E-state index contributed by atoms with van der Waals surface area (Å²) >= 11 is 0. The fraction of sp³-hybridized carbons (Fsp3) is 0.588. The number of benzene rings is 1. The van der Waals surface area contributed by atoms with Crippen LogP contribution in [0.1, 0.15) is 44.7 Å². The largest absolute Gasteiger partial charge is 0.481 e. The number of rotatable bonds is 5. The van der Waals surface area contributed by atoms with Crippen LogP contribution >= 0.6 is 0 Å². The van der Waals surface area contributed by atoms with Gasteiger partial charge in [-0.15, -0.1) is 0 Å². The molecular formula is C17H25NO2. The van der Waals surface area contributed by atoms with Gasteiger partial charge in [0.1, 0.15) is 5.75 Å². The summed E-state index contributed by atoms with van der Waals surface area (Å²) in [6, 6.07) is 6.22. The van der Waals surface area contributed by atoms with E-state index in [0.29, 0.717) is 12.5 Å². The molecule has 1 N–H and O–H groups in total. The second-order valence-corrected chi connectivity index (χ2v) is 6.04. The van der Waals surface area contributed by atoms with E-state index in [1.165, 1.54) is 30.4 Å². The molecule has 1 unspecified atom stereocenters. The van der Waals surface area contributed by atoms with Crippen LogP contribution < -0.4 is 10.1 Å². The van der Waals surface area contributed by atoms with Crippen molar-refractivity contribution in [1.29, 1.82) is 0 Å². The van der Waals surface area contributed by atoms with E-state index in [0.717, 1.165) is 12.2 Å². The van der Waals surface area contributed by atoms with Crippen molar-refractivity contribution in [2.75, 3.05) is 6.54 Å². The van der Waals surface area contributed by atoms with Crippen LogP contribution in [0.3, 0.4) is 0 Å². The van der Waals surface area contributed by atoms with E-state index in [-0.39, 0.29) is 5.91 Å². The number of carbonyl (C=O) groups excluding carboxylic acids is 1. The average molecular weight is 275 g/mol. The number of hydrogen-bond donors (Lipinski definition) is 1. The highest BCUT2D eigenvalue weighted by atomic mass is 16.5. The summed E-state index contributed by atoms with van der Waals surface area (Å²) in [5, 5.41) is 2.90. The van der Waals surface area contributed by atoms with E-state index in [2.05, 4.69) is 31.3 Å². The van der Waals surface area contributed by atoms with Crippen LogP contribution in [0.2, 0.25) is 0 Å². The Morgan fingerprint density at radius 3 is 2.60 bits per heavy atom. The molecule has 3 heteroatoms. The first-order valence-corrected chi connectivity index (χ1v) is 7.62. The minimum atomic E-state index is -0.449. The zero-order valence-electron chi connectivity index (χ0n) is 12.7. The smallest absolute Gasteiger partial charge is 0.260 e. The molecule has 0 radical (unpaired) electrons. The highest BCUT2D eigenvalue weighted by molar-refractivity contribution is 5.80. The van der Waals surface area contributed by atoms with Gasteiger partial charge in [-0.3, -0.25) is 4.79 Å². The van der Waals surface area contributed by atoms with Gasteiger partial charge in [0.2, 0.25) is 0 Å². The molecule has 1 amide bonds. The summed E-state index contributed by atoms with van der Waals surface area (Å²) in [7, 11) is 0. The maximum atomic E-state index is 11.9. The number of amides is 1. The van der Waals surface area contributed by atoms with Gasteiger partial charge in [0.25, 0.3) is 5.91 Å². The first kappa shape index (κ1) is 14.9. The van der Waals surface area contributed by atoms with Crippen LogP contribution in [0.5, 0.6) is 5.75 Å². The van der Waals surface area contributed by atoms with E-state index in [4.69, 9.17) is 4.74 Å². The number of aryl methyl sites for hydroxylation is 2. The summed E-state index contributed by atoms with van der Waals surface area (Å²) in [6.45, 7) is 6.65. The van der Waals surface area contributed by atoms with Crippen LogP contribution in [0.15, 0.2) is 18.2 Å². The topological polar surface area (TPSA) is 38.3 Å². The molecule has 1 atom stereocenters. The zero-order chi connectivity index (χ0) is 14.5. The maximum absolute atomic E-state index is 11.9. The Hall–Kier alpha value is -1.51. The fourth-order valence-electron chi connectivity index (χ4n) is 2.49. The van der Waals surface area contributed by atoms with Crippen LogP contribution in [0, 0.1) is 5.92 Å². The summed E-state index contributed by atoms with van der Waals surface area (Å²) < 4.78 is 5.76. The standard InChI is InChI=1S/C17H25NO2/c1-12(2)11-18-17(19)13(3)20-16-9-8-14-6-4-5-7-15(14)10-16/h8-10,12-13H,4-7,11H2,1-3H3,(H,18,19). The van der Waals surface area contributed by atoms with Crippen molar-refractivity contribution in [3.05, 3.63) is 29.3 Å². The van der Waals surface area contributed by atoms with Crippen LogP contribution in [0.25, 0.3) is 0 Å². The molecule has 0 spiro atoms. The van der Waals surface area contributed by atoms with Gasteiger partial charge in [-0.25, -0.2) is 0 Å². The molecule has 20 heavy (non-hydrogen) atoms. The van der Waals surface area contributed by atoms with E-state index in [9.17, 15) is 4.79 Å². The second kappa shape index (κ2) is 6.78. The molecule has 0 bridgehead atoms. The van der Waals surface area contributed by atoms with Crippen LogP contribution in [-0.4, -0.2) is 18.6 Å². The number of carbonyl (C=O) groups is 1. The Kier molecular flexibility index (Phi) is 5.05. The lowest BCUT2D eigenvalue weighted by Gasteiger charge is -2.19. The van der Waals surface area contributed by atoms with Gasteiger partial charge < -0.3 is 10.1 Å². The van der Waals surface area contributed by atoms with Crippen molar-refractivity contribution in [2.45, 2.75) is 52.6 Å². The van der Waals surface area contributed by atoms with Gasteiger partial charge in [0.05, 0.1) is 0 Å². The Morgan fingerprint density at radius 2 is 1.90 bits per heavy atom. The molecule has 110 valence electrons. The van der Waals surface area contributed by atoms with Gasteiger partial charge >= 0.3 is 0 Å². The van der Waals surface area contributed by atoms with E-state index in [1.807, 2.05) is 6.07 Å². The third kappa shape index (κ3) is 3.99. The van der Waals surface area contributed by atoms with Crippen molar-refractivity contribution in [2.24, 2.45) is 5.92 Å². The summed E-state index contributed by atoms with van der Waals surface area (Å²) in [5.74, 6) is 1.21. The van der Waals surface area contributed by atoms with Crippen LogP contribution in [0.4, 0.5) is 0 Å². The lowest BCUT2D eigenvalue weighted by molar-refractivity contribution is -0.127. The average Bonchev–Trinajstić information content (AvgIpc) is 2.44. The molecule has 1 aromatic carbocycles. The predicted octanol–water partition coefficient (Wildman–Crippen LogP) is 3.10. The summed E-state index contributed by atoms with van der Waals surface area (Å²) in [6.07, 6.45) is 4.37. The van der Waals surface area contributed by atoms with Gasteiger partial charge in [0.15, 0.2) is 6.10 Å². The van der Waals surface area contributed by atoms with Crippen molar-refractivity contribution >= 4 is 5.91 Å². The molecule has 0 heterocycles. The molecule has 0 saturated carbocycles. The molecule has 0 aromatic heterocycles. The Bertz CT molecular complexity index is 468. The van der Waals surface area contributed by atoms with Gasteiger partial charge in [0, 0.05) is 6.54 Å². The van der Waals surface area contributed by atoms with Crippen molar-refractivity contribution in [3.8, 4) is 5.75 Å². The monoisotopic (exact) mass is 275 g/mol. The Labute approximate surface area is 121 Å². The third-order valence-electron chi connectivity index (χ3n) is 3.69. The van der Waals surface area contributed by atoms with Crippen molar-refractivity contribution < 1.29 is 9.53 Å². The van der Waals surface area contributed by atoms with E-state index < -0.39 is 6.10 Å². The molecule has 0 fully saturated rings. The summed E-state index contributed by atoms with van der Waals surface area (Å²) in [5.41, 5.74) is 2.81. The highest BCUT2D eigenvalue weighted by Gasteiger charge is 2.16. The van der Waals surface area contributed by atoms with Crippen molar-refractivity contribution in [1.82, 2.24) is 5.32 Å². The Balaban J connectivity index is 1.93. The lowest BCUT2D eigenvalue weighted by Crippen LogP contribution is -2.38. The molecule has 2 rings (SSSR count). The quantitative estimate of drug-likeness (QED) is 0.896. The first-order chi connectivity index (χ1) is 9.56. The van der Waals surface area contributed by atoms with Gasteiger partial charge in [-0.05, 0) is 61.8 Å². The van der Waals surface area contributed by atoms with Crippen molar-refractivity contribution in [3.63, 3.8) is 0 Å². The molecule has 0 aliphatic heterocycles. The van der Waals surface area contributed by atoms with Gasteiger partial charge in [-0.1, -0.05) is 19.9 Å². The SMILES string of the molecule is CC(C)CNC(=O)C(C)Oc1ccc2c(c1)CCCC2. The fourth-order valence-corrected chi connectivity index (χ4v) is 2.49. The molecule has 1 aromatic rings. The number of nitrogens with one attached hydrogen (secondary N) is 1. The molecular weight excluding hydrogens is 250 g/mol. The highest BCUT2D eigenvalue weighted by Crippen LogP contribution is 2.25. The second-order valence-electron chi connectivity index (χ2n) is 6.04. The molecule has 1 aliphatic carbocycles.